The second-order valence-corrected chi connectivity index (χ2v) is 5.19. The van der Waals surface area contributed by atoms with Crippen molar-refractivity contribution in [2.75, 3.05) is 6.54 Å². The topological polar surface area (TPSA) is 29.9 Å². The maximum absolute atomic E-state index is 12.8. The van der Waals surface area contributed by atoms with Crippen LogP contribution in [0, 0.1) is 5.82 Å². The molecule has 1 N–H and O–H groups in total. The molecule has 1 aromatic carbocycles. The Hall–Kier alpha value is -1.68. The lowest BCUT2D eigenvalue weighted by Crippen LogP contribution is -2.29. The van der Waals surface area contributed by atoms with E-state index in [0.29, 0.717) is 6.04 Å². The van der Waals surface area contributed by atoms with Crippen molar-refractivity contribution >= 4 is 0 Å². The fourth-order valence-electron chi connectivity index (χ4n) is 2.23. The lowest BCUT2D eigenvalue weighted by Gasteiger charge is -2.14. The third kappa shape index (κ3) is 5.13. The lowest BCUT2D eigenvalue weighted by atomic mass is 10.1. The molecule has 0 aliphatic carbocycles. The standard InChI is InChI=1S/C16H22FN3/c1-14(12-15-4-6-16(17)7-5-15)19-8-2-3-10-20-11-9-18-13-20/h4-7,9,11,13-14,19H,2-3,8,10,12H2,1H3. The van der Waals surface area contributed by atoms with Crippen molar-refractivity contribution < 1.29 is 4.39 Å². The number of aryl methyl sites for hydroxylation is 1. The monoisotopic (exact) mass is 275 g/mol. The Bertz CT molecular complexity index is 479. The summed E-state index contributed by atoms with van der Waals surface area (Å²) in [6, 6.07) is 7.16. The molecule has 20 heavy (non-hydrogen) atoms. The van der Waals surface area contributed by atoms with E-state index in [1.54, 1.807) is 0 Å². The Labute approximate surface area is 119 Å². The minimum Gasteiger partial charge on any atom is -0.337 e. The molecule has 1 heterocycles. The van der Waals surface area contributed by atoms with E-state index in [1.807, 2.05) is 30.9 Å². The average Bonchev–Trinajstić information content (AvgIpc) is 2.94. The third-order valence-corrected chi connectivity index (χ3v) is 3.35. The molecular weight excluding hydrogens is 253 g/mol. The van der Waals surface area contributed by atoms with Crippen LogP contribution >= 0.6 is 0 Å². The van der Waals surface area contributed by atoms with E-state index in [9.17, 15) is 4.39 Å². The van der Waals surface area contributed by atoms with Crippen molar-refractivity contribution in [3.8, 4) is 0 Å². The van der Waals surface area contributed by atoms with E-state index in [4.69, 9.17) is 0 Å². The second kappa shape index (κ2) is 7.80. The predicted molar refractivity (Wildman–Crippen MR) is 79.0 cm³/mol. The molecule has 108 valence electrons. The summed E-state index contributed by atoms with van der Waals surface area (Å²) < 4.78 is 14.9. The van der Waals surface area contributed by atoms with Gasteiger partial charge in [-0.1, -0.05) is 12.1 Å². The SMILES string of the molecule is CC(Cc1ccc(F)cc1)NCCCCn1ccnc1. The van der Waals surface area contributed by atoms with E-state index in [2.05, 4.69) is 21.8 Å². The predicted octanol–water partition coefficient (Wildman–Crippen LogP) is 3.02. The highest BCUT2D eigenvalue weighted by atomic mass is 19.1. The van der Waals surface area contributed by atoms with Gasteiger partial charge in [0, 0.05) is 25.0 Å². The first-order valence-electron chi connectivity index (χ1n) is 7.17. The van der Waals surface area contributed by atoms with Gasteiger partial charge < -0.3 is 9.88 Å². The van der Waals surface area contributed by atoms with Gasteiger partial charge in [-0.05, 0) is 50.4 Å². The zero-order chi connectivity index (χ0) is 14.2. The van der Waals surface area contributed by atoms with Crippen LogP contribution in [0.2, 0.25) is 0 Å². The lowest BCUT2D eigenvalue weighted by molar-refractivity contribution is 0.508. The molecule has 0 aliphatic heterocycles. The number of rotatable bonds is 8. The van der Waals surface area contributed by atoms with Gasteiger partial charge in [-0.3, -0.25) is 0 Å². The molecule has 0 aliphatic rings. The van der Waals surface area contributed by atoms with E-state index in [1.165, 1.54) is 17.7 Å². The van der Waals surface area contributed by atoms with Gasteiger partial charge in [0.15, 0.2) is 0 Å². The van der Waals surface area contributed by atoms with Gasteiger partial charge in [-0.15, -0.1) is 0 Å². The van der Waals surface area contributed by atoms with Crippen LogP contribution in [0.15, 0.2) is 43.0 Å². The van der Waals surface area contributed by atoms with Crippen LogP contribution in [0.5, 0.6) is 0 Å². The average molecular weight is 275 g/mol. The Morgan fingerprint density at radius 3 is 2.75 bits per heavy atom. The first-order chi connectivity index (χ1) is 9.74. The first kappa shape index (κ1) is 14.7. The normalized spacial score (nSPS) is 12.5. The summed E-state index contributed by atoms with van der Waals surface area (Å²) in [5, 5.41) is 3.51. The Morgan fingerprint density at radius 2 is 2.05 bits per heavy atom. The minimum atomic E-state index is -0.172. The first-order valence-corrected chi connectivity index (χ1v) is 7.17. The molecule has 0 spiro atoms. The fraction of sp³-hybridized carbons (Fsp3) is 0.438. The molecule has 2 rings (SSSR count). The number of nitrogens with one attached hydrogen (secondary N) is 1. The molecule has 0 saturated carbocycles. The van der Waals surface area contributed by atoms with Crippen molar-refractivity contribution in [1.29, 1.82) is 0 Å². The van der Waals surface area contributed by atoms with Crippen LogP contribution in [-0.2, 0) is 13.0 Å². The number of halogens is 1. The van der Waals surface area contributed by atoms with Crippen LogP contribution in [0.1, 0.15) is 25.3 Å². The molecule has 0 radical (unpaired) electrons. The highest BCUT2D eigenvalue weighted by Gasteiger charge is 2.03. The smallest absolute Gasteiger partial charge is 0.123 e. The Morgan fingerprint density at radius 1 is 1.25 bits per heavy atom. The van der Waals surface area contributed by atoms with Crippen LogP contribution in [0.25, 0.3) is 0 Å². The van der Waals surface area contributed by atoms with E-state index >= 15 is 0 Å². The fourth-order valence-corrected chi connectivity index (χ4v) is 2.23. The molecule has 3 nitrogen and oxygen atoms in total. The van der Waals surface area contributed by atoms with Gasteiger partial charge >= 0.3 is 0 Å². The van der Waals surface area contributed by atoms with Gasteiger partial charge in [0.25, 0.3) is 0 Å². The summed E-state index contributed by atoms with van der Waals surface area (Å²) in [6.07, 6.45) is 8.87. The molecule has 1 atom stereocenters. The molecule has 1 unspecified atom stereocenters. The van der Waals surface area contributed by atoms with E-state index in [0.717, 1.165) is 32.4 Å². The molecule has 0 fully saturated rings. The number of hydrogen-bond acceptors (Lipinski definition) is 2. The molecule has 2 aromatic rings. The summed E-state index contributed by atoms with van der Waals surface area (Å²) in [5.41, 5.74) is 1.17. The Balaban J connectivity index is 1.58. The number of unbranched alkanes of at least 4 members (excludes halogenated alkanes) is 1. The highest BCUT2D eigenvalue weighted by molar-refractivity contribution is 5.16. The number of aromatic nitrogens is 2. The van der Waals surface area contributed by atoms with Gasteiger partial charge in [-0.2, -0.15) is 0 Å². The molecule has 0 saturated heterocycles. The minimum absolute atomic E-state index is 0.172. The van der Waals surface area contributed by atoms with Crippen molar-refractivity contribution in [2.45, 2.75) is 38.8 Å². The molecule has 4 heteroatoms. The van der Waals surface area contributed by atoms with Crippen LogP contribution in [0.3, 0.4) is 0 Å². The van der Waals surface area contributed by atoms with Crippen LogP contribution in [-0.4, -0.2) is 22.1 Å². The Kier molecular flexibility index (Phi) is 5.74. The quantitative estimate of drug-likeness (QED) is 0.751. The van der Waals surface area contributed by atoms with Crippen molar-refractivity contribution in [3.05, 3.63) is 54.4 Å². The largest absolute Gasteiger partial charge is 0.337 e. The summed E-state index contributed by atoms with van der Waals surface area (Å²) in [5.74, 6) is -0.172. The number of benzene rings is 1. The van der Waals surface area contributed by atoms with E-state index in [-0.39, 0.29) is 5.82 Å². The third-order valence-electron chi connectivity index (χ3n) is 3.35. The summed E-state index contributed by atoms with van der Waals surface area (Å²) in [6.45, 7) is 4.20. The van der Waals surface area contributed by atoms with Crippen molar-refractivity contribution in [2.24, 2.45) is 0 Å². The zero-order valence-corrected chi connectivity index (χ0v) is 11.9. The van der Waals surface area contributed by atoms with Crippen LogP contribution < -0.4 is 5.32 Å². The van der Waals surface area contributed by atoms with E-state index < -0.39 is 0 Å². The van der Waals surface area contributed by atoms with Crippen molar-refractivity contribution in [3.63, 3.8) is 0 Å². The van der Waals surface area contributed by atoms with Crippen molar-refractivity contribution in [1.82, 2.24) is 14.9 Å². The summed E-state index contributed by atoms with van der Waals surface area (Å²) in [7, 11) is 0. The zero-order valence-electron chi connectivity index (χ0n) is 11.9. The van der Waals surface area contributed by atoms with Gasteiger partial charge in [0.05, 0.1) is 6.33 Å². The number of hydrogen-bond donors (Lipinski definition) is 1. The maximum Gasteiger partial charge on any atom is 0.123 e. The maximum atomic E-state index is 12.8. The molecular formula is C16H22FN3. The number of nitrogens with zero attached hydrogens (tertiary/aromatic N) is 2. The van der Waals surface area contributed by atoms with Gasteiger partial charge in [-0.25, -0.2) is 9.37 Å². The summed E-state index contributed by atoms with van der Waals surface area (Å²) in [4.78, 5) is 4.02. The highest BCUT2D eigenvalue weighted by Crippen LogP contribution is 2.05. The summed E-state index contributed by atoms with van der Waals surface area (Å²) >= 11 is 0. The van der Waals surface area contributed by atoms with Gasteiger partial charge in [0.1, 0.15) is 5.82 Å². The van der Waals surface area contributed by atoms with Gasteiger partial charge in [0.2, 0.25) is 0 Å². The molecule has 0 amide bonds. The van der Waals surface area contributed by atoms with Crippen LogP contribution in [0.4, 0.5) is 4.39 Å². The molecule has 0 bridgehead atoms. The number of imidazole rings is 1. The molecule has 1 aromatic heterocycles. The second-order valence-electron chi connectivity index (χ2n) is 5.19.